The molecule has 2 radical (unpaired) electrons. The molecule has 1 nitrogen and oxygen atoms in total. The smallest absolute Gasteiger partial charge is 0.0832 e. The molecule has 0 aliphatic heterocycles. The molecule has 0 amide bonds. The summed E-state index contributed by atoms with van der Waals surface area (Å²) in [5.74, 6) is 0. The molecule has 0 aliphatic rings. The molecule has 0 aromatic heterocycles. The van der Waals surface area contributed by atoms with Crippen molar-refractivity contribution in [1.82, 2.24) is 0 Å². The van der Waals surface area contributed by atoms with Gasteiger partial charge in [0.05, 0.1) is 23.7 Å². The second-order valence-corrected chi connectivity index (χ2v) is 0.525. The molecule has 0 saturated heterocycles. The van der Waals surface area contributed by atoms with E-state index >= 15 is 0 Å². The normalized spacial score (nSPS) is 3.60. The van der Waals surface area contributed by atoms with Gasteiger partial charge in [-0.1, -0.05) is 0 Å². The van der Waals surface area contributed by atoms with Crippen LogP contribution in [0.3, 0.4) is 0 Å². The number of rotatable bonds is 0. The minimum absolute atomic E-state index is 0. The molecule has 0 atom stereocenters. The zero-order valence-corrected chi connectivity index (χ0v) is 5.16. The molecule has 0 aromatic carbocycles. The molecule has 0 saturated carbocycles. The maximum absolute atomic E-state index is 4.26. The molecule has 0 fully saturated rings. The van der Waals surface area contributed by atoms with Gasteiger partial charge in [0.25, 0.3) is 0 Å². The molecule has 0 aromatic rings. The number of hydrogen-bond acceptors (Lipinski definition) is 1. The van der Waals surface area contributed by atoms with E-state index in [-0.39, 0.29) is 34.1 Å². The third-order valence-corrected chi connectivity index (χ3v) is 0. The van der Waals surface area contributed by atoms with E-state index in [4.69, 9.17) is 0 Å². The Balaban J connectivity index is -0.0000000200. The van der Waals surface area contributed by atoms with Crippen LogP contribution in [0.25, 0.3) is 0 Å². The van der Waals surface area contributed by atoms with Gasteiger partial charge in [0, 0.05) is 34.1 Å². The topological polar surface area (TPSA) is 9.23 Å². The van der Waals surface area contributed by atoms with Gasteiger partial charge in [-0.05, 0) is 0 Å². The van der Waals surface area contributed by atoms with Crippen LogP contribution in [0.4, 0.5) is 0 Å². The predicted octanol–water partition coefficient (Wildman–Crippen LogP) is 1.31. The Kier molecular flexibility index (Phi) is 56.2. The Morgan fingerprint density at radius 1 is 1.00 bits per heavy atom. The van der Waals surface area contributed by atoms with Crippen LogP contribution in [0.15, 0.2) is 0 Å². The molecule has 0 rings (SSSR count). The SMILES string of the molecule is ClOCl.[Cu].[Cu]. The fourth-order valence-corrected chi connectivity index (χ4v) is 0. The number of halogens is 2. The molecule has 0 N–H and O–H groups in total. The predicted molar refractivity (Wildman–Crippen MR) is 12.8 cm³/mol. The molecule has 0 bridgehead atoms. The maximum atomic E-state index is 4.26. The molecule has 5 heavy (non-hydrogen) atoms. The average Bonchev–Trinajstić information content (AvgIpc) is 0.918. The van der Waals surface area contributed by atoms with Crippen molar-refractivity contribution in [3.05, 3.63) is 0 Å². The monoisotopic (exact) mass is 212 g/mol. The van der Waals surface area contributed by atoms with Gasteiger partial charge < -0.3 is 0 Å². The van der Waals surface area contributed by atoms with Crippen molar-refractivity contribution in [2.45, 2.75) is 0 Å². The second kappa shape index (κ2) is 17.6. The van der Waals surface area contributed by atoms with Crippen molar-refractivity contribution in [2.75, 3.05) is 0 Å². The van der Waals surface area contributed by atoms with Gasteiger partial charge in [-0.15, -0.1) is 0 Å². The van der Waals surface area contributed by atoms with Crippen LogP contribution < -0.4 is 0 Å². The Labute approximate surface area is 61.6 Å². The number of hydrogen-bond donors (Lipinski definition) is 0. The van der Waals surface area contributed by atoms with Gasteiger partial charge in [0.2, 0.25) is 0 Å². The minimum atomic E-state index is 0. The first-order valence-electron chi connectivity index (χ1n) is 0.309. The van der Waals surface area contributed by atoms with Gasteiger partial charge in [-0.3, -0.25) is 0 Å². The third-order valence-electron chi connectivity index (χ3n) is 0. The van der Waals surface area contributed by atoms with Gasteiger partial charge in [0.1, 0.15) is 0 Å². The Morgan fingerprint density at radius 2 is 1.00 bits per heavy atom. The van der Waals surface area contributed by atoms with E-state index in [0.29, 0.717) is 0 Å². The summed E-state index contributed by atoms with van der Waals surface area (Å²) >= 11 is 8.53. The van der Waals surface area contributed by atoms with E-state index in [9.17, 15) is 0 Å². The Morgan fingerprint density at radius 3 is 1.00 bits per heavy atom. The van der Waals surface area contributed by atoms with Crippen molar-refractivity contribution >= 4 is 23.7 Å². The summed E-state index contributed by atoms with van der Waals surface area (Å²) in [6, 6.07) is 0. The first kappa shape index (κ1) is 16.0. The van der Waals surface area contributed by atoms with Crippen LogP contribution in [-0.4, -0.2) is 0 Å². The summed E-state index contributed by atoms with van der Waals surface area (Å²) in [6.07, 6.45) is 0. The van der Waals surface area contributed by atoms with Crippen LogP contribution in [0.1, 0.15) is 0 Å². The fraction of sp³-hybridized carbons (Fsp3) is 0. The molecule has 42 valence electrons. The second-order valence-electron chi connectivity index (χ2n) is 0.0583. The molecule has 0 aliphatic carbocycles. The first-order chi connectivity index (χ1) is 1.41. The zero-order chi connectivity index (χ0) is 2.71. The van der Waals surface area contributed by atoms with E-state index in [1.54, 1.807) is 0 Å². The van der Waals surface area contributed by atoms with Crippen LogP contribution >= 0.6 is 23.7 Å². The van der Waals surface area contributed by atoms with E-state index in [2.05, 4.69) is 27.6 Å². The van der Waals surface area contributed by atoms with E-state index < -0.39 is 0 Å². The Bertz CT molecular complexity index is 7.61. The molecule has 0 spiro atoms. The summed E-state index contributed by atoms with van der Waals surface area (Å²) < 4.78 is 3.19. The van der Waals surface area contributed by atoms with Crippen LogP contribution in [0, 0.1) is 0 Å². The van der Waals surface area contributed by atoms with Crippen LogP contribution in [-0.2, 0) is 38.0 Å². The summed E-state index contributed by atoms with van der Waals surface area (Å²) in [7, 11) is 0. The van der Waals surface area contributed by atoms with Gasteiger partial charge in [-0.2, -0.15) is 3.84 Å². The van der Waals surface area contributed by atoms with Crippen LogP contribution in [0.2, 0.25) is 0 Å². The van der Waals surface area contributed by atoms with Gasteiger partial charge in [-0.25, -0.2) is 0 Å². The zero-order valence-electron chi connectivity index (χ0n) is 1.77. The standard InChI is InChI=1S/Cl2O.2Cu/c1-3-2;;. The molecular weight excluding hydrogens is 214 g/mol. The van der Waals surface area contributed by atoms with Crippen molar-refractivity contribution in [1.29, 1.82) is 0 Å². The van der Waals surface area contributed by atoms with Crippen molar-refractivity contribution in [3.63, 3.8) is 0 Å². The minimum Gasteiger partial charge on any atom is -0.166 e. The molecular formula is Cl2Cu2O. The first-order valence-corrected chi connectivity index (χ1v) is 0.926. The van der Waals surface area contributed by atoms with Crippen LogP contribution in [0.5, 0.6) is 0 Å². The van der Waals surface area contributed by atoms with E-state index in [1.807, 2.05) is 0 Å². The average molecular weight is 214 g/mol. The summed E-state index contributed by atoms with van der Waals surface area (Å²) in [5.41, 5.74) is 0. The quantitative estimate of drug-likeness (QED) is 0.552. The van der Waals surface area contributed by atoms with Gasteiger partial charge >= 0.3 is 0 Å². The fourth-order valence-electron chi connectivity index (χ4n) is 0. The summed E-state index contributed by atoms with van der Waals surface area (Å²) in [5, 5.41) is 0. The summed E-state index contributed by atoms with van der Waals surface area (Å²) in [4.78, 5) is 0. The maximum Gasteiger partial charge on any atom is 0.0832 e. The van der Waals surface area contributed by atoms with E-state index in [0.717, 1.165) is 0 Å². The third kappa shape index (κ3) is 28.7. The van der Waals surface area contributed by atoms with E-state index in [1.165, 1.54) is 0 Å². The van der Waals surface area contributed by atoms with Crippen molar-refractivity contribution in [3.8, 4) is 0 Å². The van der Waals surface area contributed by atoms with Gasteiger partial charge in [0.15, 0.2) is 0 Å². The molecule has 0 unspecified atom stereocenters. The summed E-state index contributed by atoms with van der Waals surface area (Å²) in [6.45, 7) is 0. The molecule has 5 heteroatoms. The largest absolute Gasteiger partial charge is 0.166 e. The van der Waals surface area contributed by atoms with Crippen molar-refractivity contribution < 1.29 is 38.0 Å². The van der Waals surface area contributed by atoms with Crippen molar-refractivity contribution in [2.24, 2.45) is 0 Å². The Hall–Kier alpha value is 1.58. The molecule has 0 heterocycles.